The largest absolute Gasteiger partial charge is 0.469 e. The molecular weight excluding hydrogens is 282 g/mol. The van der Waals surface area contributed by atoms with E-state index in [0.717, 1.165) is 5.69 Å². The minimum Gasteiger partial charge on any atom is -0.469 e. The second kappa shape index (κ2) is 7.97. The van der Waals surface area contributed by atoms with Crippen LogP contribution in [0, 0.1) is 6.92 Å². The van der Waals surface area contributed by atoms with Crippen molar-refractivity contribution in [1.82, 2.24) is 15.6 Å². The van der Waals surface area contributed by atoms with Gasteiger partial charge in [0.05, 0.1) is 11.8 Å². The van der Waals surface area contributed by atoms with E-state index in [-0.39, 0.29) is 18.2 Å². The average Bonchev–Trinajstić information content (AvgIpc) is 2.94. The van der Waals surface area contributed by atoms with Crippen LogP contribution in [0.25, 0.3) is 0 Å². The Bertz CT molecular complexity index is 623. The number of pyridine rings is 1. The van der Waals surface area contributed by atoms with E-state index in [4.69, 9.17) is 4.42 Å². The summed E-state index contributed by atoms with van der Waals surface area (Å²) in [5.74, 6) is 0.241. The Hall–Kier alpha value is -2.63. The maximum Gasteiger partial charge on any atom is 0.254 e. The Morgan fingerprint density at radius 3 is 2.73 bits per heavy atom. The molecule has 2 heterocycles. The van der Waals surface area contributed by atoms with Crippen LogP contribution >= 0.6 is 0 Å². The molecule has 2 aromatic heterocycles. The highest BCUT2D eigenvalue weighted by Crippen LogP contribution is 2.07. The highest BCUT2D eigenvalue weighted by atomic mass is 16.3. The van der Waals surface area contributed by atoms with Crippen LogP contribution in [0.2, 0.25) is 0 Å². The zero-order valence-corrected chi connectivity index (χ0v) is 12.5. The third kappa shape index (κ3) is 4.73. The van der Waals surface area contributed by atoms with Crippen molar-refractivity contribution >= 4 is 11.8 Å². The van der Waals surface area contributed by atoms with Crippen molar-refractivity contribution in [2.24, 2.45) is 0 Å². The fraction of sp³-hybridized carbons (Fsp3) is 0.312. The second-order valence-electron chi connectivity index (χ2n) is 4.82. The van der Waals surface area contributed by atoms with Crippen LogP contribution in [0.4, 0.5) is 0 Å². The fourth-order valence-electron chi connectivity index (χ4n) is 1.97. The van der Waals surface area contributed by atoms with E-state index in [0.29, 0.717) is 30.8 Å². The summed E-state index contributed by atoms with van der Waals surface area (Å²) in [6.07, 6.45) is 4.12. The van der Waals surface area contributed by atoms with Gasteiger partial charge in [-0.2, -0.15) is 0 Å². The summed E-state index contributed by atoms with van der Waals surface area (Å²) in [7, 11) is 0. The van der Waals surface area contributed by atoms with Crippen molar-refractivity contribution < 1.29 is 14.0 Å². The second-order valence-corrected chi connectivity index (χ2v) is 4.82. The molecule has 2 aromatic rings. The predicted molar refractivity (Wildman–Crippen MR) is 81.3 cm³/mol. The number of furan rings is 1. The molecule has 0 unspecified atom stereocenters. The summed E-state index contributed by atoms with van der Waals surface area (Å²) in [4.78, 5) is 27.6. The summed E-state index contributed by atoms with van der Waals surface area (Å²) in [5.41, 5.74) is 1.43. The number of rotatable bonds is 7. The van der Waals surface area contributed by atoms with Gasteiger partial charge in [0.1, 0.15) is 5.76 Å². The Labute approximate surface area is 128 Å². The lowest BCUT2D eigenvalue weighted by atomic mass is 10.2. The lowest BCUT2D eigenvalue weighted by Crippen LogP contribution is -2.31. The van der Waals surface area contributed by atoms with Gasteiger partial charge in [-0.05, 0) is 25.1 Å². The molecule has 2 N–H and O–H groups in total. The van der Waals surface area contributed by atoms with Crippen LogP contribution in [-0.4, -0.2) is 29.9 Å². The molecule has 0 bridgehead atoms. The van der Waals surface area contributed by atoms with Crippen molar-refractivity contribution in [3.63, 3.8) is 0 Å². The number of aryl methyl sites for hydroxylation is 1. The van der Waals surface area contributed by atoms with Crippen molar-refractivity contribution in [2.45, 2.75) is 19.8 Å². The van der Waals surface area contributed by atoms with Gasteiger partial charge in [-0.25, -0.2) is 0 Å². The van der Waals surface area contributed by atoms with Gasteiger partial charge in [-0.3, -0.25) is 14.6 Å². The summed E-state index contributed by atoms with van der Waals surface area (Å²) < 4.78 is 5.06. The molecule has 0 spiro atoms. The molecule has 6 nitrogen and oxygen atoms in total. The molecule has 2 rings (SSSR count). The minimum absolute atomic E-state index is 0.0971. The first-order valence-corrected chi connectivity index (χ1v) is 7.15. The fourth-order valence-corrected chi connectivity index (χ4v) is 1.97. The summed E-state index contributed by atoms with van der Waals surface area (Å²) in [6, 6.07) is 7.29. The third-order valence-corrected chi connectivity index (χ3v) is 3.17. The van der Waals surface area contributed by atoms with Gasteiger partial charge in [-0.15, -0.1) is 0 Å². The van der Waals surface area contributed by atoms with E-state index in [9.17, 15) is 9.59 Å². The molecule has 22 heavy (non-hydrogen) atoms. The molecule has 0 aromatic carbocycles. The van der Waals surface area contributed by atoms with Crippen molar-refractivity contribution in [3.8, 4) is 0 Å². The Morgan fingerprint density at radius 1 is 1.18 bits per heavy atom. The first-order valence-electron chi connectivity index (χ1n) is 7.15. The van der Waals surface area contributed by atoms with Gasteiger partial charge in [0.2, 0.25) is 5.91 Å². The standard InChI is InChI=1S/C16H19N3O3/c1-12-14(7-11-22-12)16(21)19-10-6-15(20)18-9-5-13-4-2-3-8-17-13/h2-4,7-8,11H,5-6,9-10H2,1H3,(H,18,20)(H,19,21). The monoisotopic (exact) mass is 301 g/mol. The highest BCUT2D eigenvalue weighted by molar-refractivity contribution is 5.95. The number of amides is 2. The van der Waals surface area contributed by atoms with E-state index in [2.05, 4.69) is 15.6 Å². The van der Waals surface area contributed by atoms with Crippen LogP contribution in [0.5, 0.6) is 0 Å². The van der Waals surface area contributed by atoms with Gasteiger partial charge >= 0.3 is 0 Å². The molecule has 0 aliphatic carbocycles. The zero-order chi connectivity index (χ0) is 15.8. The number of nitrogens with one attached hydrogen (secondary N) is 2. The predicted octanol–water partition coefficient (Wildman–Crippen LogP) is 1.46. The Kier molecular flexibility index (Phi) is 5.71. The first kappa shape index (κ1) is 15.8. The van der Waals surface area contributed by atoms with Gasteiger partial charge in [0.15, 0.2) is 0 Å². The minimum atomic E-state index is -0.229. The molecule has 0 aliphatic rings. The van der Waals surface area contributed by atoms with E-state index in [1.807, 2.05) is 18.2 Å². The van der Waals surface area contributed by atoms with Crippen molar-refractivity contribution in [2.75, 3.05) is 13.1 Å². The maximum atomic E-state index is 11.8. The van der Waals surface area contributed by atoms with Crippen molar-refractivity contribution in [3.05, 3.63) is 53.7 Å². The molecule has 6 heteroatoms. The number of hydrogen-bond donors (Lipinski definition) is 2. The molecule has 0 saturated heterocycles. The van der Waals surface area contributed by atoms with Crippen LogP contribution in [-0.2, 0) is 11.2 Å². The molecule has 116 valence electrons. The number of carbonyl (C=O) groups excluding carboxylic acids is 2. The van der Waals surface area contributed by atoms with Crippen LogP contribution < -0.4 is 10.6 Å². The van der Waals surface area contributed by atoms with Gasteiger partial charge in [0, 0.05) is 37.8 Å². The molecule has 0 atom stereocenters. The van der Waals surface area contributed by atoms with Gasteiger partial charge in [0.25, 0.3) is 5.91 Å². The zero-order valence-electron chi connectivity index (χ0n) is 12.5. The average molecular weight is 301 g/mol. The topological polar surface area (TPSA) is 84.2 Å². The molecule has 0 fully saturated rings. The highest BCUT2D eigenvalue weighted by Gasteiger charge is 2.11. The SMILES string of the molecule is Cc1occc1C(=O)NCCC(=O)NCCc1ccccn1. The number of carbonyl (C=O) groups is 2. The molecule has 0 aliphatic heterocycles. The van der Waals surface area contributed by atoms with Crippen molar-refractivity contribution in [1.29, 1.82) is 0 Å². The smallest absolute Gasteiger partial charge is 0.254 e. The van der Waals surface area contributed by atoms with E-state index < -0.39 is 0 Å². The van der Waals surface area contributed by atoms with E-state index in [1.54, 1.807) is 19.2 Å². The molecule has 0 saturated carbocycles. The lowest BCUT2D eigenvalue weighted by molar-refractivity contribution is -0.120. The molecular formula is C16H19N3O3. The number of aromatic nitrogens is 1. The van der Waals surface area contributed by atoms with Crippen LogP contribution in [0.3, 0.4) is 0 Å². The quantitative estimate of drug-likeness (QED) is 0.811. The van der Waals surface area contributed by atoms with Gasteiger partial charge < -0.3 is 15.1 Å². The maximum absolute atomic E-state index is 11.8. The summed E-state index contributed by atoms with van der Waals surface area (Å²) in [5, 5.41) is 5.50. The van der Waals surface area contributed by atoms with E-state index in [1.165, 1.54) is 6.26 Å². The number of hydrogen-bond acceptors (Lipinski definition) is 4. The van der Waals surface area contributed by atoms with Crippen LogP contribution in [0.15, 0.2) is 41.1 Å². The Morgan fingerprint density at radius 2 is 2.05 bits per heavy atom. The summed E-state index contributed by atoms with van der Waals surface area (Å²) >= 11 is 0. The van der Waals surface area contributed by atoms with Crippen LogP contribution in [0.1, 0.15) is 28.2 Å². The summed E-state index contributed by atoms with van der Waals surface area (Å²) in [6.45, 7) is 2.54. The normalized spacial score (nSPS) is 10.2. The van der Waals surface area contributed by atoms with Gasteiger partial charge in [-0.1, -0.05) is 6.07 Å². The Balaban J connectivity index is 1.62. The number of nitrogens with zero attached hydrogens (tertiary/aromatic N) is 1. The first-order chi connectivity index (χ1) is 10.7. The molecule has 0 radical (unpaired) electrons. The lowest BCUT2D eigenvalue weighted by Gasteiger charge is -2.06. The molecule has 2 amide bonds. The third-order valence-electron chi connectivity index (χ3n) is 3.17. The van der Waals surface area contributed by atoms with E-state index >= 15 is 0 Å².